The fraction of sp³-hybridized carbons (Fsp3) is 0.133. The first-order valence-electron chi connectivity index (χ1n) is 6.12. The Morgan fingerprint density at radius 1 is 1.00 bits per heavy atom. The van der Waals surface area contributed by atoms with Gasteiger partial charge in [0.25, 0.3) is 0 Å². The quantitative estimate of drug-likeness (QED) is 0.758. The molecule has 2 N–H and O–H groups in total. The number of aryl methyl sites for hydroxylation is 1. The van der Waals surface area contributed by atoms with Crippen molar-refractivity contribution in [1.82, 2.24) is 15.0 Å². The van der Waals surface area contributed by atoms with Crippen molar-refractivity contribution < 1.29 is 0 Å². The molecular formula is C15H14N4. The highest BCUT2D eigenvalue weighted by atomic mass is 14.8. The van der Waals surface area contributed by atoms with Gasteiger partial charge in [0.05, 0.1) is 11.6 Å². The van der Waals surface area contributed by atoms with E-state index in [0.29, 0.717) is 0 Å². The van der Waals surface area contributed by atoms with Crippen LogP contribution in [0.2, 0.25) is 0 Å². The topological polar surface area (TPSA) is 64.7 Å². The van der Waals surface area contributed by atoms with Crippen LogP contribution in [0.5, 0.6) is 0 Å². The minimum Gasteiger partial charge on any atom is -0.320 e. The molecule has 94 valence electrons. The number of pyridine rings is 1. The molecule has 2 heterocycles. The molecule has 0 aliphatic rings. The molecule has 3 rings (SSSR count). The lowest BCUT2D eigenvalue weighted by Gasteiger charge is -2.12. The van der Waals surface area contributed by atoms with E-state index in [1.165, 1.54) is 6.33 Å². The normalized spacial score (nSPS) is 12.5. The van der Waals surface area contributed by atoms with Gasteiger partial charge in [-0.3, -0.25) is 4.98 Å². The third kappa shape index (κ3) is 2.30. The number of hydrogen-bond donors (Lipinski definition) is 1. The van der Waals surface area contributed by atoms with Crippen molar-refractivity contribution in [2.75, 3.05) is 0 Å². The molecule has 1 aromatic carbocycles. The van der Waals surface area contributed by atoms with Crippen molar-refractivity contribution >= 4 is 10.9 Å². The lowest BCUT2D eigenvalue weighted by atomic mass is 10.0. The average molecular weight is 250 g/mol. The highest BCUT2D eigenvalue weighted by Crippen LogP contribution is 2.22. The van der Waals surface area contributed by atoms with Crippen LogP contribution in [0.15, 0.2) is 49.1 Å². The number of benzene rings is 1. The Labute approximate surface area is 111 Å². The zero-order chi connectivity index (χ0) is 13.2. The summed E-state index contributed by atoms with van der Waals surface area (Å²) in [5, 5.41) is 1.09. The third-order valence-corrected chi connectivity index (χ3v) is 3.15. The van der Waals surface area contributed by atoms with Crippen molar-refractivity contribution in [3.05, 3.63) is 65.9 Å². The monoisotopic (exact) mass is 250 g/mol. The smallest absolute Gasteiger partial charge is 0.115 e. The molecule has 0 aliphatic carbocycles. The van der Waals surface area contributed by atoms with Crippen LogP contribution < -0.4 is 5.73 Å². The number of rotatable bonds is 2. The summed E-state index contributed by atoms with van der Waals surface area (Å²) in [5.74, 6) is 0. The zero-order valence-corrected chi connectivity index (χ0v) is 10.6. The van der Waals surface area contributed by atoms with Crippen LogP contribution in [0.4, 0.5) is 0 Å². The van der Waals surface area contributed by atoms with Crippen molar-refractivity contribution in [1.29, 1.82) is 0 Å². The fourth-order valence-electron chi connectivity index (χ4n) is 2.10. The van der Waals surface area contributed by atoms with Crippen LogP contribution in [-0.4, -0.2) is 15.0 Å². The van der Waals surface area contributed by atoms with E-state index < -0.39 is 0 Å². The molecule has 3 aromatic rings. The second-order valence-electron chi connectivity index (χ2n) is 4.55. The van der Waals surface area contributed by atoms with Crippen LogP contribution in [0.25, 0.3) is 10.9 Å². The van der Waals surface area contributed by atoms with Crippen molar-refractivity contribution in [2.24, 2.45) is 5.73 Å². The molecule has 0 radical (unpaired) electrons. The van der Waals surface area contributed by atoms with E-state index >= 15 is 0 Å². The molecular weight excluding hydrogens is 236 g/mol. The molecule has 0 aliphatic heterocycles. The van der Waals surface area contributed by atoms with Gasteiger partial charge in [-0.15, -0.1) is 0 Å². The largest absolute Gasteiger partial charge is 0.320 e. The van der Waals surface area contributed by atoms with E-state index in [0.717, 1.165) is 27.7 Å². The van der Waals surface area contributed by atoms with Crippen LogP contribution in [0.3, 0.4) is 0 Å². The molecule has 0 bridgehead atoms. The Hall–Kier alpha value is -2.33. The molecule has 0 spiro atoms. The van der Waals surface area contributed by atoms with Gasteiger partial charge >= 0.3 is 0 Å². The summed E-state index contributed by atoms with van der Waals surface area (Å²) in [6.45, 7) is 1.99. The van der Waals surface area contributed by atoms with E-state index in [2.05, 4.69) is 27.1 Å². The lowest BCUT2D eigenvalue weighted by molar-refractivity contribution is 0.852. The van der Waals surface area contributed by atoms with Gasteiger partial charge in [-0.25, -0.2) is 9.97 Å². The predicted molar refractivity (Wildman–Crippen MR) is 74.5 cm³/mol. The molecule has 4 nitrogen and oxygen atoms in total. The first-order valence-corrected chi connectivity index (χ1v) is 6.12. The summed E-state index contributed by atoms with van der Waals surface area (Å²) in [7, 11) is 0. The summed E-state index contributed by atoms with van der Waals surface area (Å²) < 4.78 is 0. The Balaban J connectivity index is 2.04. The predicted octanol–water partition coefficient (Wildman–Crippen LogP) is 2.38. The van der Waals surface area contributed by atoms with Crippen molar-refractivity contribution in [3.8, 4) is 0 Å². The first-order chi connectivity index (χ1) is 9.24. The Kier molecular flexibility index (Phi) is 2.93. The van der Waals surface area contributed by atoms with Crippen LogP contribution in [0.1, 0.15) is 22.9 Å². The van der Waals surface area contributed by atoms with E-state index in [4.69, 9.17) is 5.73 Å². The Morgan fingerprint density at radius 3 is 2.58 bits per heavy atom. The van der Waals surface area contributed by atoms with Crippen molar-refractivity contribution in [2.45, 2.75) is 13.0 Å². The third-order valence-electron chi connectivity index (χ3n) is 3.15. The highest BCUT2D eigenvalue weighted by Gasteiger charge is 2.10. The van der Waals surface area contributed by atoms with Gasteiger partial charge in [0.15, 0.2) is 0 Å². The van der Waals surface area contributed by atoms with Gasteiger partial charge in [-0.2, -0.15) is 0 Å². The lowest BCUT2D eigenvalue weighted by Crippen LogP contribution is -2.12. The Morgan fingerprint density at radius 2 is 1.79 bits per heavy atom. The fourth-order valence-corrected chi connectivity index (χ4v) is 2.10. The number of hydrogen-bond acceptors (Lipinski definition) is 4. The maximum atomic E-state index is 6.24. The minimum absolute atomic E-state index is 0.216. The first kappa shape index (κ1) is 11.7. The molecule has 1 unspecified atom stereocenters. The summed E-state index contributed by atoms with van der Waals surface area (Å²) >= 11 is 0. The number of aromatic nitrogens is 3. The summed E-state index contributed by atoms with van der Waals surface area (Å²) in [6, 6.07) is 9.93. The van der Waals surface area contributed by atoms with Gasteiger partial charge in [0.2, 0.25) is 0 Å². The van der Waals surface area contributed by atoms with E-state index in [9.17, 15) is 0 Å². The van der Waals surface area contributed by atoms with Crippen LogP contribution in [-0.2, 0) is 0 Å². The summed E-state index contributed by atoms with van der Waals surface area (Å²) in [5.41, 5.74) is 10.2. The van der Waals surface area contributed by atoms with Gasteiger partial charge in [0, 0.05) is 29.0 Å². The molecule has 0 saturated heterocycles. The number of nitrogens with zero attached hydrogens (tertiary/aromatic N) is 3. The maximum absolute atomic E-state index is 6.24. The number of fused-ring (bicyclic) bond motifs is 1. The van der Waals surface area contributed by atoms with Crippen LogP contribution >= 0.6 is 0 Å². The standard InChI is InChI=1S/C15H14N4/c1-10-2-3-11-6-12(4-5-14(11)19-10)15(16)13-7-17-9-18-8-13/h2-9,15H,16H2,1H3. The van der Waals surface area contributed by atoms with Crippen LogP contribution in [0, 0.1) is 6.92 Å². The van der Waals surface area contributed by atoms with E-state index in [1.54, 1.807) is 12.4 Å². The molecule has 0 amide bonds. The molecule has 0 fully saturated rings. The molecule has 0 saturated carbocycles. The van der Waals surface area contributed by atoms with Gasteiger partial charge in [-0.1, -0.05) is 12.1 Å². The minimum atomic E-state index is -0.216. The molecule has 4 heteroatoms. The van der Waals surface area contributed by atoms with Gasteiger partial charge in [-0.05, 0) is 30.7 Å². The van der Waals surface area contributed by atoms with E-state index in [1.807, 2.05) is 25.1 Å². The molecule has 19 heavy (non-hydrogen) atoms. The zero-order valence-electron chi connectivity index (χ0n) is 10.6. The average Bonchev–Trinajstić information content (AvgIpc) is 2.47. The molecule has 1 atom stereocenters. The second kappa shape index (κ2) is 4.74. The maximum Gasteiger partial charge on any atom is 0.115 e. The van der Waals surface area contributed by atoms with E-state index in [-0.39, 0.29) is 6.04 Å². The molecule has 2 aromatic heterocycles. The Bertz CT molecular complexity index is 710. The summed E-state index contributed by atoms with van der Waals surface area (Å²) in [4.78, 5) is 12.5. The van der Waals surface area contributed by atoms with Gasteiger partial charge < -0.3 is 5.73 Å². The second-order valence-corrected chi connectivity index (χ2v) is 4.55. The van der Waals surface area contributed by atoms with Gasteiger partial charge in [0.1, 0.15) is 6.33 Å². The highest BCUT2D eigenvalue weighted by molar-refractivity contribution is 5.79. The SMILES string of the molecule is Cc1ccc2cc(C(N)c3cncnc3)ccc2n1. The summed E-state index contributed by atoms with van der Waals surface area (Å²) in [6.07, 6.45) is 4.99. The van der Waals surface area contributed by atoms with Crippen molar-refractivity contribution in [3.63, 3.8) is 0 Å². The number of nitrogens with two attached hydrogens (primary N) is 1.